The van der Waals surface area contributed by atoms with Gasteiger partial charge in [0, 0.05) is 33.3 Å². The van der Waals surface area contributed by atoms with Gasteiger partial charge in [-0.2, -0.15) is 0 Å². The third-order valence-corrected chi connectivity index (χ3v) is 2.82. The zero-order chi connectivity index (χ0) is 13.2. The summed E-state index contributed by atoms with van der Waals surface area (Å²) in [7, 11) is 3.78. The third-order valence-electron chi connectivity index (χ3n) is 2.82. The number of hydrogen-bond donors (Lipinski definition) is 1. The number of hydrogen-bond acceptors (Lipinski definition) is 3. The molecule has 0 radical (unpaired) electrons. The average molecular weight is 254 g/mol. The van der Waals surface area contributed by atoms with Gasteiger partial charge in [-0.3, -0.25) is 0 Å². The van der Waals surface area contributed by atoms with E-state index in [1.165, 1.54) is 6.07 Å². The number of ether oxygens (including phenoxy) is 1. The van der Waals surface area contributed by atoms with Crippen molar-refractivity contribution in [2.75, 3.05) is 46.9 Å². The molecule has 4 heteroatoms. The fourth-order valence-corrected chi connectivity index (χ4v) is 1.69. The van der Waals surface area contributed by atoms with E-state index in [9.17, 15) is 4.39 Å². The highest BCUT2D eigenvalue weighted by molar-refractivity contribution is 5.16. The molecule has 0 atom stereocenters. The predicted molar refractivity (Wildman–Crippen MR) is 72.3 cm³/mol. The molecule has 0 aromatic heterocycles. The smallest absolute Gasteiger partial charge is 0.123 e. The Morgan fingerprint density at radius 1 is 1.28 bits per heavy atom. The molecule has 102 valence electrons. The first-order valence-corrected chi connectivity index (χ1v) is 6.35. The molecule has 1 aromatic carbocycles. The lowest BCUT2D eigenvalue weighted by atomic mass is 10.1. The molecule has 0 aliphatic rings. The minimum Gasteiger partial charge on any atom is -0.383 e. The van der Waals surface area contributed by atoms with Crippen molar-refractivity contribution in [1.82, 2.24) is 10.2 Å². The molecule has 1 N–H and O–H groups in total. The number of rotatable bonds is 9. The number of halogens is 1. The zero-order valence-corrected chi connectivity index (χ0v) is 11.3. The summed E-state index contributed by atoms with van der Waals surface area (Å²) < 4.78 is 17.9. The molecule has 0 unspecified atom stereocenters. The first-order valence-electron chi connectivity index (χ1n) is 6.35. The Morgan fingerprint density at radius 3 is 2.83 bits per heavy atom. The second kappa shape index (κ2) is 9.03. The predicted octanol–water partition coefficient (Wildman–Crippen LogP) is 1.54. The van der Waals surface area contributed by atoms with Crippen LogP contribution in [0.2, 0.25) is 0 Å². The van der Waals surface area contributed by atoms with Crippen molar-refractivity contribution in [1.29, 1.82) is 0 Å². The minimum absolute atomic E-state index is 0.156. The molecule has 0 bridgehead atoms. The van der Waals surface area contributed by atoms with Crippen LogP contribution in [0.3, 0.4) is 0 Å². The SMILES string of the molecule is COCCNCCN(C)CCc1cccc(F)c1. The summed E-state index contributed by atoms with van der Waals surface area (Å²) in [4.78, 5) is 2.24. The molecular formula is C14H23FN2O. The van der Waals surface area contributed by atoms with Crippen LogP contribution in [0.4, 0.5) is 4.39 Å². The second-order valence-electron chi connectivity index (χ2n) is 4.43. The summed E-state index contributed by atoms with van der Waals surface area (Å²) in [5.41, 5.74) is 1.05. The Balaban J connectivity index is 2.11. The largest absolute Gasteiger partial charge is 0.383 e. The van der Waals surface area contributed by atoms with E-state index in [-0.39, 0.29) is 5.82 Å². The van der Waals surface area contributed by atoms with Crippen LogP contribution in [0.15, 0.2) is 24.3 Å². The van der Waals surface area contributed by atoms with E-state index >= 15 is 0 Å². The van der Waals surface area contributed by atoms with E-state index in [0.717, 1.165) is 44.8 Å². The fraction of sp³-hybridized carbons (Fsp3) is 0.571. The van der Waals surface area contributed by atoms with Gasteiger partial charge >= 0.3 is 0 Å². The molecule has 18 heavy (non-hydrogen) atoms. The molecule has 0 heterocycles. The monoisotopic (exact) mass is 254 g/mol. The van der Waals surface area contributed by atoms with Gasteiger partial charge in [-0.25, -0.2) is 4.39 Å². The molecule has 3 nitrogen and oxygen atoms in total. The maximum Gasteiger partial charge on any atom is 0.123 e. The van der Waals surface area contributed by atoms with E-state index < -0.39 is 0 Å². The van der Waals surface area contributed by atoms with Crippen molar-refractivity contribution in [3.63, 3.8) is 0 Å². The number of likely N-dealkylation sites (N-methyl/N-ethyl adjacent to an activating group) is 1. The van der Waals surface area contributed by atoms with Crippen LogP contribution < -0.4 is 5.32 Å². The van der Waals surface area contributed by atoms with Gasteiger partial charge in [0.05, 0.1) is 6.61 Å². The molecule has 1 rings (SSSR count). The lowest BCUT2D eigenvalue weighted by molar-refractivity contribution is 0.198. The van der Waals surface area contributed by atoms with Crippen LogP contribution in [0.5, 0.6) is 0 Å². The van der Waals surface area contributed by atoms with E-state index in [4.69, 9.17) is 4.74 Å². The highest BCUT2D eigenvalue weighted by atomic mass is 19.1. The van der Waals surface area contributed by atoms with Crippen LogP contribution in [0.25, 0.3) is 0 Å². The van der Waals surface area contributed by atoms with Crippen molar-refractivity contribution in [2.45, 2.75) is 6.42 Å². The van der Waals surface area contributed by atoms with Gasteiger partial charge in [0.1, 0.15) is 5.82 Å². The van der Waals surface area contributed by atoms with Gasteiger partial charge in [-0.05, 0) is 31.2 Å². The summed E-state index contributed by atoms with van der Waals surface area (Å²) in [6.07, 6.45) is 0.881. The summed E-state index contributed by atoms with van der Waals surface area (Å²) in [5.74, 6) is -0.156. The van der Waals surface area contributed by atoms with E-state index in [1.807, 2.05) is 6.07 Å². The number of benzene rings is 1. The van der Waals surface area contributed by atoms with Crippen LogP contribution in [0, 0.1) is 5.82 Å². The number of nitrogens with zero attached hydrogens (tertiary/aromatic N) is 1. The van der Waals surface area contributed by atoms with Gasteiger partial charge < -0.3 is 15.0 Å². The van der Waals surface area contributed by atoms with Crippen molar-refractivity contribution >= 4 is 0 Å². The Hall–Kier alpha value is -0.970. The van der Waals surface area contributed by atoms with E-state index in [1.54, 1.807) is 19.2 Å². The Labute approximate surface area is 109 Å². The molecular weight excluding hydrogens is 231 g/mol. The van der Waals surface area contributed by atoms with Gasteiger partial charge in [0.15, 0.2) is 0 Å². The van der Waals surface area contributed by atoms with Crippen molar-refractivity contribution in [3.05, 3.63) is 35.6 Å². The summed E-state index contributed by atoms with van der Waals surface area (Å²) in [6, 6.07) is 6.81. The molecule has 0 aliphatic heterocycles. The highest BCUT2D eigenvalue weighted by Gasteiger charge is 2.00. The average Bonchev–Trinajstić information content (AvgIpc) is 2.36. The molecule has 0 spiro atoms. The van der Waals surface area contributed by atoms with Crippen molar-refractivity contribution < 1.29 is 9.13 Å². The minimum atomic E-state index is -0.156. The van der Waals surface area contributed by atoms with Crippen LogP contribution >= 0.6 is 0 Å². The van der Waals surface area contributed by atoms with Gasteiger partial charge in [-0.1, -0.05) is 12.1 Å². The Morgan fingerprint density at radius 2 is 2.11 bits per heavy atom. The maximum atomic E-state index is 13.0. The van der Waals surface area contributed by atoms with Gasteiger partial charge in [-0.15, -0.1) is 0 Å². The topological polar surface area (TPSA) is 24.5 Å². The third kappa shape index (κ3) is 6.69. The zero-order valence-electron chi connectivity index (χ0n) is 11.3. The normalized spacial score (nSPS) is 11.1. The standard InChI is InChI=1S/C14H23FN2O/c1-17(10-7-16-8-11-18-2)9-6-13-4-3-5-14(15)12-13/h3-5,12,16H,6-11H2,1-2H3. The highest BCUT2D eigenvalue weighted by Crippen LogP contribution is 2.04. The van der Waals surface area contributed by atoms with Crippen molar-refractivity contribution in [3.8, 4) is 0 Å². The van der Waals surface area contributed by atoms with E-state index in [0.29, 0.717) is 0 Å². The lowest BCUT2D eigenvalue weighted by Gasteiger charge is -2.16. The lowest BCUT2D eigenvalue weighted by Crippen LogP contribution is -2.32. The molecule has 0 aliphatic carbocycles. The first-order chi connectivity index (χ1) is 8.72. The quantitative estimate of drug-likeness (QED) is 0.677. The Bertz CT molecular complexity index is 333. The number of methoxy groups -OCH3 is 1. The molecule has 0 saturated heterocycles. The summed E-state index contributed by atoms with van der Waals surface area (Å²) >= 11 is 0. The van der Waals surface area contributed by atoms with Crippen LogP contribution in [-0.4, -0.2) is 51.8 Å². The fourth-order valence-electron chi connectivity index (χ4n) is 1.69. The molecule has 0 saturated carbocycles. The Kier molecular flexibility index (Phi) is 7.57. The van der Waals surface area contributed by atoms with E-state index in [2.05, 4.69) is 17.3 Å². The summed E-state index contributed by atoms with van der Waals surface area (Å²) in [5, 5.41) is 3.30. The number of nitrogens with one attached hydrogen (secondary N) is 1. The molecule has 0 fully saturated rings. The second-order valence-corrected chi connectivity index (χ2v) is 4.43. The van der Waals surface area contributed by atoms with Crippen LogP contribution in [0.1, 0.15) is 5.56 Å². The van der Waals surface area contributed by atoms with Gasteiger partial charge in [0.2, 0.25) is 0 Å². The molecule has 1 aromatic rings. The van der Waals surface area contributed by atoms with Crippen LogP contribution in [-0.2, 0) is 11.2 Å². The first kappa shape index (κ1) is 15.1. The summed E-state index contributed by atoms with van der Waals surface area (Å²) in [6.45, 7) is 4.50. The maximum absolute atomic E-state index is 13.0. The molecule has 0 amide bonds. The van der Waals surface area contributed by atoms with Gasteiger partial charge in [0.25, 0.3) is 0 Å². The van der Waals surface area contributed by atoms with Crippen molar-refractivity contribution in [2.24, 2.45) is 0 Å².